The third-order valence-corrected chi connectivity index (χ3v) is 3.00. The van der Waals surface area contributed by atoms with Gasteiger partial charge in [-0.15, -0.1) is 0 Å². The van der Waals surface area contributed by atoms with Crippen molar-refractivity contribution in [2.45, 2.75) is 25.9 Å². The van der Waals surface area contributed by atoms with Gasteiger partial charge in [0.1, 0.15) is 0 Å². The first-order valence-electron chi connectivity index (χ1n) is 5.10. The van der Waals surface area contributed by atoms with E-state index in [-0.39, 0.29) is 16.2 Å². The van der Waals surface area contributed by atoms with Gasteiger partial charge in [-0.1, -0.05) is 49.8 Å². The fraction of sp³-hybridized carbons (Fsp3) is 0.417. The maximum atomic E-state index is 12.4. The third-order valence-electron chi connectivity index (χ3n) is 2.51. The molecule has 5 heteroatoms. The highest BCUT2D eigenvalue weighted by Gasteiger charge is 2.30. The lowest BCUT2D eigenvalue weighted by atomic mass is 9.89. The van der Waals surface area contributed by atoms with Gasteiger partial charge in [0.2, 0.25) is 0 Å². The Hall–Kier alpha value is -0.610. The fourth-order valence-corrected chi connectivity index (χ4v) is 2.44. The van der Waals surface area contributed by atoms with Crippen LogP contribution in [0.5, 0.6) is 0 Å². The van der Waals surface area contributed by atoms with Crippen molar-refractivity contribution in [3.63, 3.8) is 0 Å². The molecule has 0 spiro atoms. The van der Waals surface area contributed by atoms with Crippen LogP contribution in [0.25, 0.3) is 0 Å². The summed E-state index contributed by atoms with van der Waals surface area (Å²) in [5.41, 5.74) is 0.0530. The minimum atomic E-state index is -4.31. The molecule has 94 valence electrons. The first-order valence-corrected chi connectivity index (χ1v) is 5.88. The van der Waals surface area contributed by atoms with Crippen molar-refractivity contribution in [3.8, 4) is 0 Å². The molecule has 0 aliphatic carbocycles. The predicted molar refractivity (Wildman–Crippen MR) is 67.5 cm³/mol. The topological polar surface area (TPSA) is 0 Å². The Kier molecular flexibility index (Phi) is 4.55. The van der Waals surface area contributed by atoms with E-state index in [1.807, 2.05) is 13.8 Å². The molecule has 0 saturated carbocycles. The Balaban J connectivity index is 3.05. The summed E-state index contributed by atoms with van der Waals surface area (Å²) < 4.78 is 37.4. The standard InChI is InChI=1S/C12H12ClF3S/c1-7(2)10(11(13)17)8-3-5-9(6-4-8)12(14,15)16/h3-7,10H,1-2H3. The minimum Gasteiger partial charge on any atom is -0.166 e. The van der Waals surface area contributed by atoms with Crippen molar-refractivity contribution in [3.05, 3.63) is 35.4 Å². The lowest BCUT2D eigenvalue weighted by Gasteiger charge is -2.19. The molecule has 17 heavy (non-hydrogen) atoms. The normalized spacial score (nSPS) is 13.8. The van der Waals surface area contributed by atoms with Crippen molar-refractivity contribution in [2.75, 3.05) is 0 Å². The molecule has 0 radical (unpaired) electrons. The number of alkyl halides is 3. The molecule has 1 rings (SSSR count). The third kappa shape index (κ3) is 3.68. The largest absolute Gasteiger partial charge is 0.416 e. The van der Waals surface area contributed by atoms with Crippen LogP contribution in [-0.4, -0.2) is 4.32 Å². The van der Waals surface area contributed by atoms with Crippen molar-refractivity contribution < 1.29 is 13.2 Å². The minimum absolute atomic E-state index is 0.150. The van der Waals surface area contributed by atoms with Crippen LogP contribution in [0, 0.1) is 5.92 Å². The van der Waals surface area contributed by atoms with Crippen molar-refractivity contribution >= 4 is 28.1 Å². The van der Waals surface area contributed by atoms with E-state index >= 15 is 0 Å². The van der Waals surface area contributed by atoms with Gasteiger partial charge in [0, 0.05) is 5.92 Å². The maximum Gasteiger partial charge on any atom is 0.416 e. The Bertz CT molecular complexity index is 395. The maximum absolute atomic E-state index is 12.4. The van der Waals surface area contributed by atoms with E-state index < -0.39 is 11.7 Å². The van der Waals surface area contributed by atoms with Crippen LogP contribution in [0.15, 0.2) is 24.3 Å². The summed E-state index contributed by atoms with van der Waals surface area (Å²) in [6.45, 7) is 3.86. The van der Waals surface area contributed by atoms with E-state index in [4.69, 9.17) is 23.8 Å². The van der Waals surface area contributed by atoms with Gasteiger partial charge in [0.25, 0.3) is 0 Å². The molecule has 0 N–H and O–H groups in total. The monoisotopic (exact) mass is 280 g/mol. The Morgan fingerprint density at radius 1 is 1.18 bits per heavy atom. The zero-order valence-corrected chi connectivity index (χ0v) is 11.0. The van der Waals surface area contributed by atoms with Gasteiger partial charge in [-0.3, -0.25) is 0 Å². The van der Waals surface area contributed by atoms with Crippen LogP contribution >= 0.6 is 23.8 Å². The summed E-state index contributed by atoms with van der Waals surface area (Å²) >= 11 is 10.7. The Morgan fingerprint density at radius 2 is 1.65 bits per heavy atom. The summed E-state index contributed by atoms with van der Waals surface area (Å²) in [7, 11) is 0. The van der Waals surface area contributed by atoms with Crippen LogP contribution in [0.4, 0.5) is 13.2 Å². The van der Waals surface area contributed by atoms with Gasteiger partial charge in [-0.2, -0.15) is 13.2 Å². The highest BCUT2D eigenvalue weighted by Crippen LogP contribution is 2.32. The van der Waals surface area contributed by atoms with E-state index in [9.17, 15) is 13.2 Å². The van der Waals surface area contributed by atoms with Gasteiger partial charge in [-0.25, -0.2) is 0 Å². The van der Waals surface area contributed by atoms with Gasteiger partial charge in [-0.05, 0) is 23.6 Å². The second-order valence-corrected chi connectivity index (χ2v) is 5.22. The number of halogens is 4. The van der Waals surface area contributed by atoms with E-state index in [0.717, 1.165) is 12.1 Å². The van der Waals surface area contributed by atoms with Crippen molar-refractivity contribution in [1.29, 1.82) is 0 Å². The van der Waals surface area contributed by atoms with Crippen LogP contribution in [0.2, 0.25) is 0 Å². The SMILES string of the molecule is CC(C)C(C(=S)Cl)c1ccc(C(F)(F)F)cc1. The molecule has 0 heterocycles. The second kappa shape index (κ2) is 5.36. The number of rotatable bonds is 3. The molecule has 1 aromatic rings. The summed E-state index contributed by atoms with van der Waals surface area (Å²) in [5, 5.41) is 0. The van der Waals surface area contributed by atoms with Gasteiger partial charge >= 0.3 is 6.18 Å². The predicted octanol–water partition coefficient (Wildman–Crippen LogP) is 5.01. The number of hydrogen-bond acceptors (Lipinski definition) is 1. The molecule has 0 bridgehead atoms. The quantitative estimate of drug-likeness (QED) is 0.554. The highest BCUT2D eigenvalue weighted by atomic mass is 35.5. The Morgan fingerprint density at radius 3 is 1.94 bits per heavy atom. The first kappa shape index (κ1) is 14.5. The molecule has 0 saturated heterocycles. The molecule has 0 nitrogen and oxygen atoms in total. The summed E-state index contributed by atoms with van der Waals surface area (Å²) in [4.78, 5) is 0. The van der Waals surface area contributed by atoms with Gasteiger partial charge in [0.05, 0.1) is 9.89 Å². The van der Waals surface area contributed by atoms with Crippen LogP contribution in [0.3, 0.4) is 0 Å². The van der Waals surface area contributed by atoms with Gasteiger partial charge < -0.3 is 0 Å². The van der Waals surface area contributed by atoms with E-state index in [2.05, 4.69) is 0 Å². The molecule has 1 unspecified atom stereocenters. The van der Waals surface area contributed by atoms with Crippen LogP contribution < -0.4 is 0 Å². The molecule has 1 atom stereocenters. The average Bonchev–Trinajstić information content (AvgIpc) is 2.15. The Labute approximate surface area is 109 Å². The molecular formula is C12H12ClF3S. The number of hydrogen-bond donors (Lipinski definition) is 0. The zero-order chi connectivity index (χ0) is 13.2. The summed E-state index contributed by atoms with van der Waals surface area (Å²) in [6.07, 6.45) is -4.31. The lowest BCUT2D eigenvalue weighted by Crippen LogP contribution is -2.13. The summed E-state index contributed by atoms with van der Waals surface area (Å²) in [5.74, 6) is -0.0503. The zero-order valence-electron chi connectivity index (χ0n) is 9.38. The molecule has 0 amide bonds. The molecule has 0 aromatic heterocycles. The van der Waals surface area contributed by atoms with Crippen molar-refractivity contribution in [2.24, 2.45) is 5.92 Å². The van der Waals surface area contributed by atoms with E-state index in [0.29, 0.717) is 5.56 Å². The average molecular weight is 281 g/mol. The summed E-state index contributed by atoms with van der Waals surface area (Å²) in [6, 6.07) is 4.98. The van der Waals surface area contributed by atoms with Crippen molar-refractivity contribution in [1.82, 2.24) is 0 Å². The fourth-order valence-electron chi connectivity index (χ4n) is 1.66. The van der Waals surface area contributed by atoms with E-state index in [1.54, 1.807) is 0 Å². The number of benzene rings is 1. The molecule has 0 aliphatic rings. The molecule has 0 fully saturated rings. The molecular weight excluding hydrogens is 269 g/mol. The molecule has 0 aliphatic heterocycles. The lowest BCUT2D eigenvalue weighted by molar-refractivity contribution is -0.137. The first-order chi connectivity index (χ1) is 7.73. The second-order valence-electron chi connectivity index (χ2n) is 4.15. The highest BCUT2D eigenvalue weighted by molar-refractivity contribution is 7.83. The smallest absolute Gasteiger partial charge is 0.166 e. The number of thiocarbonyl (C=S) groups is 1. The van der Waals surface area contributed by atoms with E-state index in [1.165, 1.54) is 12.1 Å². The van der Waals surface area contributed by atoms with Crippen LogP contribution in [0.1, 0.15) is 30.9 Å². The van der Waals surface area contributed by atoms with Crippen LogP contribution in [-0.2, 0) is 6.18 Å². The molecule has 1 aromatic carbocycles. The van der Waals surface area contributed by atoms with Gasteiger partial charge in [0.15, 0.2) is 0 Å².